The first-order valence-corrected chi connectivity index (χ1v) is 15.4. The summed E-state index contributed by atoms with van der Waals surface area (Å²) in [6.07, 6.45) is 4.82. The first-order chi connectivity index (χ1) is 21.3. The van der Waals surface area contributed by atoms with Gasteiger partial charge in [-0.1, -0.05) is 63.4 Å². The fourth-order valence-electron chi connectivity index (χ4n) is 4.93. The van der Waals surface area contributed by atoms with E-state index in [0.29, 0.717) is 23.8 Å². The van der Waals surface area contributed by atoms with Crippen LogP contribution in [0.1, 0.15) is 65.9 Å². The predicted molar refractivity (Wildman–Crippen MR) is 175 cm³/mol. The van der Waals surface area contributed by atoms with Gasteiger partial charge >= 0.3 is 6.09 Å². The SMILES string of the molecule is CCCCCCN(C(=O)C(Cc1ccc(-c2cc(OC)c(OC)c(OC)c2)cc1)N(C)C(=O)OC(C)(C)C)C(C)[CH-]C(=O)OC.[Rf]. The second-order valence-corrected chi connectivity index (χ2v) is 11.9. The van der Waals surface area contributed by atoms with Crippen molar-refractivity contribution in [2.24, 2.45) is 0 Å². The van der Waals surface area contributed by atoms with Gasteiger partial charge < -0.3 is 28.6 Å². The molecule has 0 aliphatic heterocycles. The average Bonchev–Trinajstić information content (AvgIpc) is 3.01. The average molecular weight is 895 g/mol. The van der Waals surface area contributed by atoms with Gasteiger partial charge in [0, 0.05) is 20.0 Å². The molecule has 2 aromatic carbocycles. The minimum atomic E-state index is -0.883. The molecule has 0 aromatic heterocycles. The minimum absolute atomic E-state index is 0. The molecule has 0 fully saturated rings. The first-order valence-electron chi connectivity index (χ1n) is 15.4. The molecule has 252 valence electrons. The third-order valence-corrected chi connectivity index (χ3v) is 7.42. The van der Waals surface area contributed by atoms with Crippen LogP contribution in [0.5, 0.6) is 17.2 Å². The molecule has 0 N–H and O–H groups in total. The van der Waals surface area contributed by atoms with Crippen LogP contribution in [0.15, 0.2) is 36.4 Å². The Balaban J connectivity index is 0.0000106. The Morgan fingerprint density at radius 3 is 1.93 bits per heavy atom. The molecule has 0 aliphatic rings. The van der Waals surface area contributed by atoms with E-state index >= 15 is 0 Å². The predicted octanol–water partition coefficient (Wildman–Crippen LogP) is 6.33. The van der Waals surface area contributed by atoms with Gasteiger partial charge in [0.25, 0.3) is 0 Å². The van der Waals surface area contributed by atoms with Crippen LogP contribution in [0.2, 0.25) is 0 Å². The number of carbonyl (C=O) groups excluding carboxylic acids is 3. The van der Waals surface area contributed by atoms with Crippen molar-refractivity contribution in [3.05, 3.63) is 48.4 Å². The molecule has 2 rings (SSSR count). The summed E-state index contributed by atoms with van der Waals surface area (Å²) in [5, 5.41) is 0. The number of rotatable bonds is 16. The molecule has 10 nitrogen and oxygen atoms in total. The van der Waals surface area contributed by atoms with Gasteiger partial charge in [0.15, 0.2) is 17.5 Å². The van der Waals surface area contributed by atoms with Crippen LogP contribution in [-0.2, 0) is 25.5 Å². The van der Waals surface area contributed by atoms with Crippen molar-refractivity contribution in [2.45, 2.75) is 84.4 Å². The van der Waals surface area contributed by atoms with Gasteiger partial charge in [-0.25, -0.2) is 4.79 Å². The number of carbonyl (C=O) groups is 3. The topological polar surface area (TPSA) is 104 Å². The Hall–Kier alpha value is -5.08. The van der Waals surface area contributed by atoms with Crippen molar-refractivity contribution in [3.63, 3.8) is 0 Å². The normalized spacial score (nSPS) is 12.1. The molecule has 2 unspecified atom stereocenters. The number of ether oxygens (including phenoxy) is 5. The van der Waals surface area contributed by atoms with Gasteiger partial charge in [-0.05, 0) is 56.0 Å². The van der Waals surface area contributed by atoms with Crippen LogP contribution in [0, 0.1) is 6.42 Å². The maximum Gasteiger partial charge on any atom is 0.410 e. The maximum atomic E-state index is 14.3. The second-order valence-electron chi connectivity index (χ2n) is 11.9. The van der Waals surface area contributed by atoms with Gasteiger partial charge in [-0.15, -0.1) is 0 Å². The number of methoxy groups -OCH3 is 4. The van der Waals surface area contributed by atoms with Gasteiger partial charge in [0.2, 0.25) is 11.7 Å². The number of benzene rings is 2. The molecule has 11 heteroatoms. The first kappa shape index (κ1) is 38.9. The maximum absolute atomic E-state index is 14.3. The van der Waals surface area contributed by atoms with E-state index in [-0.39, 0.29) is 12.3 Å². The molecule has 2 amide bonds. The summed E-state index contributed by atoms with van der Waals surface area (Å²) in [5.74, 6) is 0.786. The Morgan fingerprint density at radius 2 is 1.46 bits per heavy atom. The van der Waals surface area contributed by atoms with Crippen molar-refractivity contribution >= 4 is 18.0 Å². The molecule has 0 saturated heterocycles. The number of esters is 1. The smallest absolute Gasteiger partial charge is 0.410 e. The number of unbranched alkanes of at least 4 members (excludes halogenated alkanes) is 3. The number of hydrogen-bond acceptors (Lipinski definition) is 8. The van der Waals surface area contributed by atoms with Gasteiger partial charge in [0.1, 0.15) is 11.6 Å². The van der Waals surface area contributed by atoms with E-state index in [1.807, 2.05) is 36.4 Å². The molecule has 46 heavy (non-hydrogen) atoms. The number of likely N-dealkylation sites (N-methyl/N-ethyl adjacent to an activating group) is 1. The summed E-state index contributed by atoms with van der Waals surface area (Å²) in [6.45, 7) is 9.69. The van der Waals surface area contributed by atoms with Crippen molar-refractivity contribution in [1.29, 1.82) is 0 Å². The van der Waals surface area contributed by atoms with E-state index in [4.69, 9.17) is 23.7 Å². The summed E-state index contributed by atoms with van der Waals surface area (Å²) in [4.78, 5) is 42.7. The Bertz CT molecular complexity index is 1240. The standard InChI is InChI=1S/C35H51N2O8.Rf/c1-11-12-13-14-19-37(24(2)20-31(38)43-9)33(39)28(36(6)34(40)45-35(3,4)5)21-25-15-17-26(18-16-25)27-22-29(41-7)32(44-10)30(23-27)42-8;/h15-18,20,22-24,28H,11-14,19,21H2,1-10H3;/q-1;. The summed E-state index contributed by atoms with van der Waals surface area (Å²) >= 11 is 0. The largest absolute Gasteiger partial charge is 0.493 e. The molecular weight excluding hydrogens is 843 g/mol. The van der Waals surface area contributed by atoms with E-state index in [2.05, 4.69) is 6.92 Å². The zero-order chi connectivity index (χ0) is 33.7. The van der Waals surface area contributed by atoms with E-state index in [0.717, 1.165) is 42.4 Å². The molecule has 0 spiro atoms. The third kappa shape index (κ3) is 10.8. The molecule has 2 aromatic rings. The van der Waals surface area contributed by atoms with Crippen LogP contribution >= 0.6 is 0 Å². The molecule has 0 saturated carbocycles. The zero-order valence-electron chi connectivity index (χ0n) is 29.3. The fraction of sp³-hybridized carbons (Fsp3) is 0.543. The van der Waals surface area contributed by atoms with E-state index in [1.165, 1.54) is 18.4 Å². The van der Waals surface area contributed by atoms with E-state index in [1.54, 1.807) is 61.0 Å². The Labute approximate surface area is 268 Å². The van der Waals surface area contributed by atoms with Crippen LogP contribution < -0.4 is 14.2 Å². The van der Waals surface area contributed by atoms with Gasteiger partial charge in [0.05, 0.1) is 28.4 Å². The zero-order valence-corrected chi connectivity index (χ0v) is 35.7. The van der Waals surface area contributed by atoms with Crippen molar-refractivity contribution in [3.8, 4) is 28.4 Å². The summed E-state index contributed by atoms with van der Waals surface area (Å²) in [5.41, 5.74) is 1.86. The minimum Gasteiger partial charge on any atom is -0.493 e. The fourth-order valence-corrected chi connectivity index (χ4v) is 4.93. The van der Waals surface area contributed by atoms with Crippen molar-refractivity contribution < 1.29 is 38.1 Å². The van der Waals surface area contributed by atoms with Crippen LogP contribution in [0.4, 0.5) is 4.79 Å². The van der Waals surface area contributed by atoms with Crippen molar-refractivity contribution in [1.82, 2.24) is 9.80 Å². The number of nitrogens with zero attached hydrogens (tertiary/aromatic N) is 2. The Kier molecular flexibility index (Phi) is 15.3. The molecule has 0 aliphatic carbocycles. The molecule has 2 atom stereocenters. The van der Waals surface area contributed by atoms with E-state index in [9.17, 15) is 14.4 Å². The van der Waals surface area contributed by atoms with Gasteiger partial charge in [-0.2, -0.15) is 0 Å². The summed E-state index contributed by atoms with van der Waals surface area (Å²) in [6, 6.07) is 10.1. The number of amides is 2. The van der Waals surface area contributed by atoms with Gasteiger partial charge in [-0.3, -0.25) is 20.9 Å². The van der Waals surface area contributed by atoms with Crippen LogP contribution in [-0.4, -0.2) is 87.5 Å². The third-order valence-electron chi connectivity index (χ3n) is 7.42. The Morgan fingerprint density at radius 1 is 0.870 bits per heavy atom. The molecule has 0 bridgehead atoms. The molecule has 0 heterocycles. The summed E-state index contributed by atoms with van der Waals surface area (Å²) < 4.78 is 27.0. The summed E-state index contributed by atoms with van der Waals surface area (Å²) in [7, 11) is 7.57. The van der Waals surface area contributed by atoms with E-state index < -0.39 is 29.7 Å². The molecule has 0 radical (unpaired) electrons. The van der Waals surface area contributed by atoms with Crippen molar-refractivity contribution in [2.75, 3.05) is 42.0 Å². The van der Waals surface area contributed by atoms with Crippen LogP contribution in [0.3, 0.4) is 0 Å². The van der Waals surface area contributed by atoms with Crippen LogP contribution in [0.25, 0.3) is 11.1 Å². The number of hydrogen-bond donors (Lipinski definition) is 0. The molecular formula is C35H51N2O8Rf-. The second kappa shape index (κ2) is 18.0. The monoisotopic (exact) mass is 894 g/mol. The quantitative estimate of drug-likeness (QED) is 0.110.